The first-order valence-corrected chi connectivity index (χ1v) is 10.6. The second-order valence-electron chi connectivity index (χ2n) is 8.13. The van der Waals surface area contributed by atoms with Gasteiger partial charge in [-0.1, -0.05) is 32.1 Å². The Hall–Kier alpha value is -1.53. The molecule has 162 valence electrons. The van der Waals surface area contributed by atoms with Gasteiger partial charge in [-0.3, -0.25) is 4.79 Å². The number of rotatable bonds is 4. The Morgan fingerprint density at radius 2 is 1.69 bits per heavy atom. The van der Waals surface area contributed by atoms with E-state index in [1.165, 1.54) is 57.8 Å². The highest BCUT2D eigenvalue weighted by Gasteiger charge is 2.21. The smallest absolute Gasteiger partial charge is 0.272 e. The molecule has 0 unspecified atom stereocenters. The number of carbonyl (C=O) groups excluding carboxylic acids is 1. The van der Waals surface area contributed by atoms with Crippen LogP contribution in [0.3, 0.4) is 0 Å². The van der Waals surface area contributed by atoms with Crippen molar-refractivity contribution in [2.24, 2.45) is 13.0 Å². The molecule has 1 amide bonds. The summed E-state index contributed by atoms with van der Waals surface area (Å²) in [6, 6.07) is 4.07. The molecule has 1 saturated carbocycles. The number of carbonyl (C=O) groups is 1. The van der Waals surface area contributed by atoms with Crippen LogP contribution in [0.25, 0.3) is 11.0 Å². The number of hydrogen-bond donors (Lipinski definition) is 1. The number of amides is 1. The van der Waals surface area contributed by atoms with Crippen LogP contribution in [0.4, 0.5) is 5.82 Å². The number of nitrogens with one attached hydrogen (secondary N) is 1. The number of pyridine rings is 1. The third-order valence-corrected chi connectivity index (χ3v) is 6.09. The number of anilines is 1. The normalized spacial score (nSPS) is 17.9. The molecular formula is C21H33Cl2N5O. The van der Waals surface area contributed by atoms with Crippen LogP contribution < -0.4 is 10.2 Å². The largest absolute Gasteiger partial charge is 0.357 e. The van der Waals surface area contributed by atoms with Crippen molar-refractivity contribution in [3.8, 4) is 0 Å². The van der Waals surface area contributed by atoms with Gasteiger partial charge in [0.2, 0.25) is 0 Å². The molecule has 2 aromatic rings. The summed E-state index contributed by atoms with van der Waals surface area (Å²) >= 11 is 0. The van der Waals surface area contributed by atoms with E-state index in [4.69, 9.17) is 4.98 Å². The SMILES string of the molecule is Cl.Cl.Cn1nc(C(=O)NCC2CCCCC2)c2ccc(N3CCCCCC3)nc21. The summed E-state index contributed by atoms with van der Waals surface area (Å²) in [5.41, 5.74) is 1.29. The van der Waals surface area contributed by atoms with Gasteiger partial charge in [-0.05, 0) is 43.7 Å². The lowest BCUT2D eigenvalue weighted by molar-refractivity contribution is 0.0939. The van der Waals surface area contributed by atoms with Crippen molar-refractivity contribution in [2.45, 2.75) is 57.8 Å². The molecule has 4 rings (SSSR count). The molecule has 0 bridgehead atoms. The van der Waals surface area contributed by atoms with E-state index in [9.17, 15) is 4.79 Å². The lowest BCUT2D eigenvalue weighted by atomic mass is 9.89. The summed E-state index contributed by atoms with van der Waals surface area (Å²) in [7, 11) is 1.87. The minimum Gasteiger partial charge on any atom is -0.357 e. The second kappa shape index (κ2) is 11.0. The van der Waals surface area contributed by atoms with Crippen LogP contribution >= 0.6 is 24.8 Å². The van der Waals surface area contributed by atoms with Crippen molar-refractivity contribution >= 4 is 47.6 Å². The van der Waals surface area contributed by atoms with Crippen molar-refractivity contribution in [1.82, 2.24) is 20.1 Å². The lowest BCUT2D eigenvalue weighted by Crippen LogP contribution is -2.30. The van der Waals surface area contributed by atoms with Crippen LogP contribution in [0, 0.1) is 5.92 Å². The summed E-state index contributed by atoms with van der Waals surface area (Å²) in [5.74, 6) is 1.54. The number of halogens is 2. The molecule has 0 aromatic carbocycles. The van der Waals surface area contributed by atoms with Gasteiger partial charge in [0.15, 0.2) is 11.3 Å². The Labute approximate surface area is 185 Å². The molecule has 2 aromatic heterocycles. The van der Waals surface area contributed by atoms with Gasteiger partial charge in [0.25, 0.3) is 5.91 Å². The Balaban J connectivity index is 0.00000150. The Morgan fingerprint density at radius 1 is 1.03 bits per heavy atom. The predicted molar refractivity (Wildman–Crippen MR) is 123 cm³/mol. The van der Waals surface area contributed by atoms with Crippen LogP contribution in [0.2, 0.25) is 0 Å². The molecule has 0 spiro atoms. The van der Waals surface area contributed by atoms with Gasteiger partial charge in [0.1, 0.15) is 5.82 Å². The minimum atomic E-state index is -0.0736. The number of hydrogen-bond acceptors (Lipinski definition) is 4. The molecule has 29 heavy (non-hydrogen) atoms. The van der Waals surface area contributed by atoms with Crippen molar-refractivity contribution < 1.29 is 4.79 Å². The summed E-state index contributed by atoms with van der Waals surface area (Å²) in [5, 5.41) is 8.43. The first kappa shape index (κ1) is 23.7. The number of aryl methyl sites for hydroxylation is 1. The van der Waals surface area contributed by atoms with Crippen molar-refractivity contribution in [3.63, 3.8) is 0 Å². The molecule has 3 heterocycles. The predicted octanol–water partition coefficient (Wildman–Crippen LogP) is 4.50. The maximum absolute atomic E-state index is 12.7. The maximum atomic E-state index is 12.7. The van der Waals surface area contributed by atoms with Crippen LogP contribution in [-0.2, 0) is 7.05 Å². The third kappa shape index (κ3) is 5.54. The van der Waals surface area contributed by atoms with E-state index in [0.29, 0.717) is 11.6 Å². The molecule has 0 atom stereocenters. The molecule has 2 fully saturated rings. The first-order chi connectivity index (χ1) is 13.2. The van der Waals surface area contributed by atoms with Gasteiger partial charge in [0, 0.05) is 26.7 Å². The highest BCUT2D eigenvalue weighted by molar-refractivity contribution is 6.04. The van der Waals surface area contributed by atoms with Crippen molar-refractivity contribution in [1.29, 1.82) is 0 Å². The van der Waals surface area contributed by atoms with Crippen molar-refractivity contribution in [3.05, 3.63) is 17.8 Å². The van der Waals surface area contributed by atoms with E-state index in [1.54, 1.807) is 4.68 Å². The minimum absolute atomic E-state index is 0. The fraction of sp³-hybridized carbons (Fsp3) is 0.667. The lowest BCUT2D eigenvalue weighted by Gasteiger charge is -2.21. The zero-order chi connectivity index (χ0) is 18.6. The Morgan fingerprint density at radius 3 is 2.38 bits per heavy atom. The van der Waals surface area contributed by atoms with E-state index >= 15 is 0 Å². The van der Waals surface area contributed by atoms with Crippen LogP contribution in [0.15, 0.2) is 12.1 Å². The van der Waals surface area contributed by atoms with E-state index in [1.807, 2.05) is 19.2 Å². The summed E-state index contributed by atoms with van der Waals surface area (Å²) < 4.78 is 1.74. The monoisotopic (exact) mass is 441 g/mol. The van der Waals surface area contributed by atoms with Gasteiger partial charge in [0.05, 0.1) is 5.39 Å². The van der Waals surface area contributed by atoms with E-state index in [0.717, 1.165) is 36.5 Å². The average molecular weight is 442 g/mol. The van der Waals surface area contributed by atoms with Crippen molar-refractivity contribution in [2.75, 3.05) is 24.5 Å². The van der Waals surface area contributed by atoms with E-state index < -0.39 is 0 Å². The van der Waals surface area contributed by atoms with Crippen LogP contribution in [0.1, 0.15) is 68.3 Å². The van der Waals surface area contributed by atoms with E-state index in [-0.39, 0.29) is 30.7 Å². The van der Waals surface area contributed by atoms with Gasteiger partial charge in [-0.25, -0.2) is 9.67 Å². The molecule has 1 N–H and O–H groups in total. The second-order valence-corrected chi connectivity index (χ2v) is 8.13. The molecule has 8 heteroatoms. The highest BCUT2D eigenvalue weighted by atomic mass is 35.5. The quantitative estimate of drug-likeness (QED) is 0.757. The standard InChI is InChI=1S/C21H31N5O.2ClH/c1-25-20-17(11-12-18(23-20)26-13-7-2-3-8-14-26)19(24-25)21(27)22-15-16-9-5-4-6-10-16;;/h11-12,16H,2-10,13-15H2,1H3,(H,22,27);2*1H. The average Bonchev–Trinajstić information content (AvgIpc) is 2.88. The number of fused-ring (bicyclic) bond motifs is 1. The highest BCUT2D eigenvalue weighted by Crippen LogP contribution is 2.24. The summed E-state index contributed by atoms with van der Waals surface area (Å²) in [4.78, 5) is 19.9. The third-order valence-electron chi connectivity index (χ3n) is 6.09. The molecule has 0 radical (unpaired) electrons. The first-order valence-electron chi connectivity index (χ1n) is 10.6. The fourth-order valence-electron chi connectivity index (χ4n) is 4.48. The number of aromatic nitrogens is 3. The van der Waals surface area contributed by atoms with Crippen LogP contribution in [0.5, 0.6) is 0 Å². The molecular weight excluding hydrogens is 409 g/mol. The van der Waals surface area contributed by atoms with Gasteiger partial charge in [-0.15, -0.1) is 24.8 Å². The van der Waals surface area contributed by atoms with E-state index in [2.05, 4.69) is 15.3 Å². The van der Waals surface area contributed by atoms with Gasteiger partial charge in [-0.2, -0.15) is 5.10 Å². The summed E-state index contributed by atoms with van der Waals surface area (Å²) in [6.45, 7) is 2.88. The Kier molecular flexibility index (Phi) is 9.03. The topological polar surface area (TPSA) is 63.1 Å². The van der Waals surface area contributed by atoms with Gasteiger partial charge < -0.3 is 10.2 Å². The Bertz CT molecular complexity index is 796. The zero-order valence-corrected chi connectivity index (χ0v) is 18.9. The number of nitrogens with zero attached hydrogens (tertiary/aromatic N) is 4. The molecule has 2 aliphatic rings. The summed E-state index contributed by atoms with van der Waals surface area (Å²) in [6.07, 6.45) is 11.4. The fourth-order valence-corrected chi connectivity index (χ4v) is 4.48. The molecule has 1 aliphatic heterocycles. The molecule has 1 aliphatic carbocycles. The molecule has 6 nitrogen and oxygen atoms in total. The zero-order valence-electron chi connectivity index (χ0n) is 17.2. The molecule has 1 saturated heterocycles. The van der Waals surface area contributed by atoms with Crippen LogP contribution in [-0.4, -0.2) is 40.3 Å². The van der Waals surface area contributed by atoms with Gasteiger partial charge >= 0.3 is 0 Å². The maximum Gasteiger partial charge on any atom is 0.272 e.